The van der Waals surface area contributed by atoms with E-state index in [1.165, 1.54) is 18.3 Å². The summed E-state index contributed by atoms with van der Waals surface area (Å²) in [4.78, 5) is 2.04. The third kappa shape index (κ3) is 3.27. The molecular formula is C9H15NO3S2. The maximum absolute atomic E-state index is 11.8. The Balaban J connectivity index is 2.91. The van der Waals surface area contributed by atoms with Gasteiger partial charge in [0, 0.05) is 16.3 Å². The summed E-state index contributed by atoms with van der Waals surface area (Å²) >= 11 is 1.45. The molecule has 0 saturated heterocycles. The average Bonchev–Trinajstić information content (AvgIpc) is 2.43. The molecule has 0 aliphatic carbocycles. The number of hydrogen-bond donors (Lipinski definition) is 2. The van der Waals surface area contributed by atoms with Gasteiger partial charge in [-0.1, -0.05) is 0 Å². The molecule has 1 heterocycles. The molecule has 86 valence electrons. The molecule has 2 N–H and O–H groups in total. The van der Waals surface area contributed by atoms with Gasteiger partial charge in [-0.05, 0) is 26.8 Å². The van der Waals surface area contributed by atoms with Gasteiger partial charge in [-0.2, -0.15) is 0 Å². The molecule has 0 radical (unpaired) electrons. The highest BCUT2D eigenvalue weighted by Gasteiger charge is 2.18. The Morgan fingerprint density at radius 1 is 1.53 bits per heavy atom. The highest BCUT2D eigenvalue weighted by molar-refractivity contribution is 7.89. The summed E-state index contributed by atoms with van der Waals surface area (Å²) in [6, 6.07) is 1.64. The molecule has 0 unspecified atom stereocenters. The van der Waals surface area contributed by atoms with Gasteiger partial charge in [0.25, 0.3) is 0 Å². The van der Waals surface area contributed by atoms with Crippen LogP contribution in [-0.2, 0) is 10.0 Å². The first-order valence-electron chi connectivity index (χ1n) is 4.57. The van der Waals surface area contributed by atoms with E-state index in [2.05, 4.69) is 4.72 Å². The normalized spacial score (nSPS) is 14.1. The van der Waals surface area contributed by atoms with Crippen molar-refractivity contribution in [3.05, 3.63) is 15.8 Å². The topological polar surface area (TPSA) is 66.4 Å². The Morgan fingerprint density at radius 3 is 2.53 bits per heavy atom. The summed E-state index contributed by atoms with van der Waals surface area (Å²) in [5.41, 5.74) is 0. The fourth-order valence-corrected chi connectivity index (χ4v) is 3.86. The number of hydrogen-bond acceptors (Lipinski definition) is 4. The predicted octanol–water partition coefficient (Wildman–Crippen LogP) is 1.02. The molecule has 0 saturated carbocycles. The van der Waals surface area contributed by atoms with Crippen LogP contribution in [0.15, 0.2) is 11.0 Å². The van der Waals surface area contributed by atoms with Crippen LogP contribution >= 0.6 is 11.3 Å². The third-order valence-corrected chi connectivity index (χ3v) is 4.50. The fourth-order valence-electron chi connectivity index (χ4n) is 1.18. The van der Waals surface area contributed by atoms with Crippen LogP contribution < -0.4 is 4.72 Å². The van der Waals surface area contributed by atoms with Gasteiger partial charge in [-0.3, -0.25) is 0 Å². The summed E-state index contributed by atoms with van der Waals surface area (Å²) in [6.45, 7) is 5.21. The van der Waals surface area contributed by atoms with Crippen molar-refractivity contribution in [1.29, 1.82) is 0 Å². The van der Waals surface area contributed by atoms with Crippen molar-refractivity contribution >= 4 is 21.4 Å². The van der Waals surface area contributed by atoms with E-state index < -0.39 is 16.1 Å². The zero-order valence-corrected chi connectivity index (χ0v) is 10.6. The molecule has 4 nitrogen and oxygen atoms in total. The molecule has 0 aliphatic rings. The van der Waals surface area contributed by atoms with E-state index in [9.17, 15) is 8.42 Å². The molecule has 0 aromatic carbocycles. The van der Waals surface area contributed by atoms with E-state index in [0.717, 1.165) is 9.75 Å². The van der Waals surface area contributed by atoms with Crippen LogP contribution in [0.3, 0.4) is 0 Å². The number of sulfonamides is 1. The first-order chi connectivity index (χ1) is 6.83. The molecule has 1 aromatic rings. The lowest BCUT2D eigenvalue weighted by Crippen LogP contribution is -2.30. The van der Waals surface area contributed by atoms with Gasteiger partial charge in [0.1, 0.15) is 0 Å². The first-order valence-corrected chi connectivity index (χ1v) is 6.87. The lowest BCUT2D eigenvalue weighted by molar-refractivity contribution is 0.198. The Hall–Kier alpha value is -0.430. The molecule has 15 heavy (non-hydrogen) atoms. The van der Waals surface area contributed by atoms with Crippen molar-refractivity contribution in [3.63, 3.8) is 0 Å². The summed E-state index contributed by atoms with van der Waals surface area (Å²) in [7, 11) is -3.46. The molecule has 1 rings (SSSR count). The number of aliphatic hydroxyl groups is 1. The second kappa shape index (κ2) is 4.61. The maximum atomic E-state index is 11.8. The molecule has 6 heteroatoms. The second-order valence-electron chi connectivity index (χ2n) is 3.48. The predicted molar refractivity (Wildman–Crippen MR) is 60.7 cm³/mol. The van der Waals surface area contributed by atoms with Gasteiger partial charge in [0.15, 0.2) is 0 Å². The number of aryl methyl sites for hydroxylation is 2. The summed E-state index contributed by atoms with van der Waals surface area (Å²) in [6.07, 6.45) is -0.681. The van der Waals surface area contributed by atoms with E-state index in [1.54, 1.807) is 13.0 Å². The van der Waals surface area contributed by atoms with Crippen LogP contribution in [0.25, 0.3) is 0 Å². The monoisotopic (exact) mass is 249 g/mol. The Morgan fingerprint density at radius 2 is 2.13 bits per heavy atom. The van der Waals surface area contributed by atoms with Gasteiger partial charge in [-0.15, -0.1) is 11.3 Å². The van der Waals surface area contributed by atoms with Gasteiger partial charge >= 0.3 is 0 Å². The van der Waals surface area contributed by atoms with Crippen molar-refractivity contribution in [2.24, 2.45) is 0 Å². The van der Waals surface area contributed by atoms with Crippen LogP contribution in [0.2, 0.25) is 0 Å². The van der Waals surface area contributed by atoms with Crippen LogP contribution in [0.5, 0.6) is 0 Å². The van der Waals surface area contributed by atoms with Crippen LogP contribution in [0.4, 0.5) is 0 Å². The lowest BCUT2D eigenvalue weighted by atomic mass is 10.4. The maximum Gasteiger partial charge on any atom is 0.241 e. The van der Waals surface area contributed by atoms with E-state index in [4.69, 9.17) is 5.11 Å². The molecule has 1 atom stereocenters. The van der Waals surface area contributed by atoms with E-state index in [1.807, 2.05) is 6.92 Å². The third-order valence-electron chi connectivity index (χ3n) is 1.85. The number of aliphatic hydroxyl groups excluding tert-OH is 1. The minimum absolute atomic E-state index is 0.0384. The summed E-state index contributed by atoms with van der Waals surface area (Å²) in [5.74, 6) is 0. The van der Waals surface area contributed by atoms with Crippen molar-refractivity contribution in [2.45, 2.75) is 31.8 Å². The minimum Gasteiger partial charge on any atom is -0.392 e. The highest BCUT2D eigenvalue weighted by atomic mass is 32.2. The second-order valence-corrected chi connectivity index (χ2v) is 6.67. The van der Waals surface area contributed by atoms with Gasteiger partial charge in [0.05, 0.1) is 11.0 Å². The molecule has 0 spiro atoms. The molecular weight excluding hydrogens is 234 g/mol. The fraction of sp³-hybridized carbons (Fsp3) is 0.556. The van der Waals surface area contributed by atoms with E-state index >= 15 is 0 Å². The Bertz CT molecular complexity index is 434. The van der Waals surface area contributed by atoms with Crippen molar-refractivity contribution < 1.29 is 13.5 Å². The number of rotatable bonds is 4. The van der Waals surface area contributed by atoms with Crippen LogP contribution in [-0.4, -0.2) is 26.2 Å². The van der Waals surface area contributed by atoms with Crippen LogP contribution in [0.1, 0.15) is 16.7 Å². The SMILES string of the molecule is Cc1cc(S(=O)(=O)NC[C@@H](C)O)c(C)s1. The average molecular weight is 249 g/mol. The smallest absolute Gasteiger partial charge is 0.241 e. The minimum atomic E-state index is -3.46. The number of nitrogens with one attached hydrogen (secondary N) is 1. The van der Waals surface area contributed by atoms with E-state index in [-0.39, 0.29) is 6.54 Å². The van der Waals surface area contributed by atoms with Crippen molar-refractivity contribution in [3.8, 4) is 0 Å². The van der Waals surface area contributed by atoms with Gasteiger partial charge < -0.3 is 5.11 Å². The quantitative estimate of drug-likeness (QED) is 0.837. The highest BCUT2D eigenvalue weighted by Crippen LogP contribution is 2.24. The molecule has 0 amide bonds. The van der Waals surface area contributed by atoms with Crippen molar-refractivity contribution in [2.75, 3.05) is 6.54 Å². The van der Waals surface area contributed by atoms with E-state index in [0.29, 0.717) is 4.90 Å². The molecule has 0 bridgehead atoms. The largest absolute Gasteiger partial charge is 0.392 e. The zero-order chi connectivity index (χ0) is 11.6. The standard InChI is InChI=1S/C9H15NO3S2/c1-6(11)5-10-15(12,13)9-4-7(2)14-8(9)3/h4,6,10-11H,5H2,1-3H3/t6-/m1/s1. The number of thiophene rings is 1. The molecule has 0 aliphatic heterocycles. The van der Waals surface area contributed by atoms with Crippen molar-refractivity contribution in [1.82, 2.24) is 4.72 Å². The zero-order valence-electron chi connectivity index (χ0n) is 8.94. The molecule has 0 fully saturated rings. The Labute approximate surface area is 94.0 Å². The molecule has 1 aromatic heterocycles. The first kappa shape index (κ1) is 12.6. The van der Waals surface area contributed by atoms with Gasteiger partial charge in [0.2, 0.25) is 10.0 Å². The Kier molecular flexibility index (Phi) is 3.88. The van der Waals surface area contributed by atoms with Crippen LogP contribution in [0, 0.1) is 13.8 Å². The lowest BCUT2D eigenvalue weighted by Gasteiger charge is -2.07. The summed E-state index contributed by atoms with van der Waals surface area (Å²) < 4.78 is 25.9. The summed E-state index contributed by atoms with van der Waals surface area (Å²) in [5, 5.41) is 9.01. The van der Waals surface area contributed by atoms with Gasteiger partial charge in [-0.25, -0.2) is 13.1 Å².